The number of benzene rings is 2. The number of hydrazine groups is 1. The Hall–Kier alpha value is -3.55. The lowest BCUT2D eigenvalue weighted by atomic mass is 10.1. The topological polar surface area (TPSA) is 97.0 Å². The van der Waals surface area contributed by atoms with Gasteiger partial charge in [0.05, 0.1) is 5.69 Å². The molecule has 2 N–H and O–H groups in total. The Kier molecular flexibility index (Phi) is 6.25. The van der Waals surface area contributed by atoms with Crippen LogP contribution in [0.15, 0.2) is 42.5 Å². The van der Waals surface area contributed by atoms with Crippen molar-refractivity contribution >= 4 is 23.4 Å². The molecule has 2 aromatic carbocycles. The molecular weight excluding hydrogens is 386 g/mol. The molecule has 158 valence electrons. The van der Waals surface area contributed by atoms with Crippen molar-refractivity contribution in [1.82, 2.24) is 10.9 Å². The van der Waals surface area contributed by atoms with Crippen LogP contribution < -0.4 is 25.2 Å². The van der Waals surface area contributed by atoms with Gasteiger partial charge in [-0.05, 0) is 57.0 Å². The number of para-hydroxylation sites is 2. The maximum atomic E-state index is 12.4. The zero-order valence-electron chi connectivity index (χ0n) is 17.4. The molecule has 0 saturated heterocycles. The summed E-state index contributed by atoms with van der Waals surface area (Å²) in [4.78, 5) is 38.4. The fourth-order valence-electron chi connectivity index (χ4n) is 3.03. The fraction of sp³-hybridized carbons (Fsp3) is 0.318. The van der Waals surface area contributed by atoms with Crippen LogP contribution in [0.5, 0.6) is 11.5 Å². The summed E-state index contributed by atoms with van der Waals surface area (Å²) in [5.74, 6) is -0.252. The van der Waals surface area contributed by atoms with Gasteiger partial charge in [-0.3, -0.25) is 30.1 Å². The van der Waals surface area contributed by atoms with Gasteiger partial charge in [0.2, 0.25) is 0 Å². The highest BCUT2D eigenvalue weighted by molar-refractivity contribution is 6.03. The highest BCUT2D eigenvalue weighted by Crippen LogP contribution is 2.33. The van der Waals surface area contributed by atoms with Crippen molar-refractivity contribution in [3.8, 4) is 11.5 Å². The second kappa shape index (κ2) is 8.86. The third-order valence-corrected chi connectivity index (χ3v) is 4.93. The highest BCUT2D eigenvalue weighted by Gasteiger charge is 2.32. The highest BCUT2D eigenvalue weighted by atomic mass is 16.5. The lowest BCUT2D eigenvalue weighted by molar-refractivity contribution is -0.133. The summed E-state index contributed by atoms with van der Waals surface area (Å²) in [6.07, 6.45) is -1.52. The summed E-state index contributed by atoms with van der Waals surface area (Å²) in [7, 11) is 0. The Labute approximate surface area is 175 Å². The lowest BCUT2D eigenvalue weighted by Crippen LogP contribution is -2.53. The molecule has 0 saturated carbocycles. The van der Waals surface area contributed by atoms with Gasteiger partial charge in [-0.25, -0.2) is 0 Å². The molecule has 8 heteroatoms. The van der Waals surface area contributed by atoms with Gasteiger partial charge in [-0.1, -0.05) is 24.3 Å². The number of hydrogen-bond acceptors (Lipinski definition) is 5. The number of hydrogen-bond donors (Lipinski definition) is 2. The fourth-order valence-corrected chi connectivity index (χ4v) is 3.03. The van der Waals surface area contributed by atoms with E-state index in [1.165, 1.54) is 4.90 Å². The minimum atomic E-state index is -0.823. The number of aryl methyl sites for hydroxylation is 1. The van der Waals surface area contributed by atoms with Crippen LogP contribution >= 0.6 is 0 Å². The van der Waals surface area contributed by atoms with Crippen LogP contribution in [0, 0.1) is 13.8 Å². The summed E-state index contributed by atoms with van der Waals surface area (Å²) in [6, 6.07) is 12.6. The molecule has 3 amide bonds. The molecule has 0 fully saturated rings. The number of ether oxygens (including phenoxy) is 2. The predicted molar refractivity (Wildman–Crippen MR) is 111 cm³/mol. The van der Waals surface area contributed by atoms with E-state index >= 15 is 0 Å². The minimum Gasteiger partial charge on any atom is -0.481 e. The van der Waals surface area contributed by atoms with Crippen molar-refractivity contribution in [2.75, 3.05) is 11.4 Å². The van der Waals surface area contributed by atoms with Gasteiger partial charge in [0.15, 0.2) is 12.2 Å². The molecule has 0 aromatic heterocycles. The monoisotopic (exact) mass is 411 g/mol. The molecule has 0 radical (unpaired) electrons. The molecule has 1 aliphatic heterocycles. The average Bonchev–Trinajstić information content (AvgIpc) is 2.72. The van der Waals surface area contributed by atoms with Crippen molar-refractivity contribution < 1.29 is 23.9 Å². The number of amides is 3. The smallest absolute Gasteiger partial charge is 0.279 e. The van der Waals surface area contributed by atoms with E-state index in [9.17, 15) is 14.4 Å². The largest absolute Gasteiger partial charge is 0.481 e. The first-order chi connectivity index (χ1) is 14.3. The van der Waals surface area contributed by atoms with Gasteiger partial charge in [0.25, 0.3) is 17.7 Å². The Balaban J connectivity index is 1.57. The van der Waals surface area contributed by atoms with E-state index in [-0.39, 0.29) is 12.5 Å². The van der Waals surface area contributed by atoms with E-state index < -0.39 is 24.0 Å². The number of rotatable bonds is 5. The van der Waals surface area contributed by atoms with Gasteiger partial charge in [0, 0.05) is 0 Å². The third-order valence-electron chi connectivity index (χ3n) is 4.93. The Bertz CT molecular complexity index is 975. The average molecular weight is 411 g/mol. The maximum absolute atomic E-state index is 12.4. The van der Waals surface area contributed by atoms with Gasteiger partial charge in [-0.2, -0.15) is 0 Å². The molecule has 1 aliphatic rings. The van der Waals surface area contributed by atoms with E-state index in [0.29, 0.717) is 17.2 Å². The van der Waals surface area contributed by atoms with E-state index in [4.69, 9.17) is 9.47 Å². The second-order valence-electron chi connectivity index (χ2n) is 7.15. The molecular formula is C22H25N3O5. The van der Waals surface area contributed by atoms with Crippen LogP contribution in [-0.2, 0) is 14.4 Å². The minimum absolute atomic E-state index is 0.254. The first-order valence-electron chi connectivity index (χ1n) is 9.66. The van der Waals surface area contributed by atoms with E-state index in [1.54, 1.807) is 44.2 Å². The number of nitrogens with zero attached hydrogens (tertiary/aromatic N) is 1. The Morgan fingerprint density at radius 2 is 1.87 bits per heavy atom. The third kappa shape index (κ3) is 4.53. The van der Waals surface area contributed by atoms with Crippen LogP contribution in [-0.4, -0.2) is 36.5 Å². The Morgan fingerprint density at radius 1 is 1.13 bits per heavy atom. The van der Waals surface area contributed by atoms with Crippen LogP contribution in [0.2, 0.25) is 0 Å². The molecule has 0 spiro atoms. The van der Waals surface area contributed by atoms with Crippen LogP contribution in [0.25, 0.3) is 0 Å². The number of fused-ring (bicyclic) bond motifs is 1. The molecule has 2 unspecified atom stereocenters. The van der Waals surface area contributed by atoms with Gasteiger partial charge < -0.3 is 9.47 Å². The number of carbonyl (C=O) groups is 3. The van der Waals surface area contributed by atoms with E-state index in [1.807, 2.05) is 26.0 Å². The summed E-state index contributed by atoms with van der Waals surface area (Å²) in [5, 5.41) is 0. The second-order valence-corrected chi connectivity index (χ2v) is 7.15. The molecule has 0 aliphatic carbocycles. The zero-order valence-corrected chi connectivity index (χ0v) is 17.4. The standard InChI is InChI=1S/C22H25N3O5/c1-13-8-7-11-18(14(13)2)29-15(3)21(27)24-23-20(26)12-25-17-9-5-6-10-19(17)30-16(4)22(25)28/h5-11,15-16H,12H2,1-4H3,(H,23,26)(H,24,27). The normalized spacial score (nSPS) is 16.2. The molecule has 1 heterocycles. The quantitative estimate of drug-likeness (QED) is 0.734. The van der Waals surface area contributed by atoms with Gasteiger partial charge in [-0.15, -0.1) is 0 Å². The maximum Gasteiger partial charge on any atom is 0.279 e. The summed E-state index contributed by atoms with van der Waals surface area (Å²) >= 11 is 0. The summed E-state index contributed by atoms with van der Waals surface area (Å²) in [5.41, 5.74) is 7.18. The molecule has 3 rings (SSSR count). The van der Waals surface area contributed by atoms with Crippen molar-refractivity contribution in [2.24, 2.45) is 0 Å². The number of anilines is 1. The molecule has 2 aromatic rings. The SMILES string of the molecule is Cc1cccc(OC(C)C(=O)NNC(=O)CN2C(=O)C(C)Oc3ccccc32)c1C. The van der Waals surface area contributed by atoms with Crippen LogP contribution in [0.4, 0.5) is 5.69 Å². The Morgan fingerprint density at radius 3 is 2.63 bits per heavy atom. The lowest BCUT2D eigenvalue weighted by Gasteiger charge is -2.32. The van der Waals surface area contributed by atoms with Crippen LogP contribution in [0.3, 0.4) is 0 Å². The van der Waals surface area contributed by atoms with E-state index in [2.05, 4.69) is 10.9 Å². The predicted octanol–water partition coefficient (Wildman–Crippen LogP) is 2.03. The zero-order chi connectivity index (χ0) is 21.8. The van der Waals surface area contributed by atoms with E-state index in [0.717, 1.165) is 11.1 Å². The molecule has 2 atom stereocenters. The van der Waals surface area contributed by atoms with Gasteiger partial charge >= 0.3 is 0 Å². The molecule has 0 bridgehead atoms. The van der Waals surface area contributed by atoms with Crippen molar-refractivity contribution in [3.63, 3.8) is 0 Å². The number of nitrogens with one attached hydrogen (secondary N) is 2. The molecule has 30 heavy (non-hydrogen) atoms. The summed E-state index contributed by atoms with van der Waals surface area (Å²) < 4.78 is 11.3. The van der Waals surface area contributed by atoms with Crippen molar-refractivity contribution in [2.45, 2.75) is 39.9 Å². The summed E-state index contributed by atoms with van der Waals surface area (Å²) in [6.45, 7) is 6.83. The number of carbonyl (C=O) groups excluding carboxylic acids is 3. The van der Waals surface area contributed by atoms with Crippen molar-refractivity contribution in [1.29, 1.82) is 0 Å². The van der Waals surface area contributed by atoms with Gasteiger partial charge in [0.1, 0.15) is 18.0 Å². The van der Waals surface area contributed by atoms with Crippen molar-refractivity contribution in [3.05, 3.63) is 53.6 Å². The first-order valence-corrected chi connectivity index (χ1v) is 9.66. The molecule has 8 nitrogen and oxygen atoms in total. The van der Waals surface area contributed by atoms with Crippen LogP contribution in [0.1, 0.15) is 25.0 Å². The first kappa shape index (κ1) is 21.2.